The van der Waals surface area contributed by atoms with Crippen LogP contribution in [0.25, 0.3) is 0 Å². The first-order valence-electron chi connectivity index (χ1n) is 9.11. The number of piperidine rings is 1. The summed E-state index contributed by atoms with van der Waals surface area (Å²) >= 11 is 0. The Balaban J connectivity index is 1.47. The Morgan fingerprint density at radius 1 is 1.35 bits per heavy atom. The number of rotatable bonds is 6. The minimum Gasteiger partial charge on any atom is -0.342 e. The fraction of sp³-hybridized carbons (Fsp3) is 0.526. The summed E-state index contributed by atoms with van der Waals surface area (Å²) in [6.07, 6.45) is 4.29. The van der Waals surface area contributed by atoms with E-state index >= 15 is 0 Å². The number of aryl methyl sites for hydroxylation is 3. The summed E-state index contributed by atoms with van der Waals surface area (Å²) in [6, 6.07) is 3.73. The SMILES string of the molecule is Cc1nc(CCC(=O)N2CCC[C@@H](CCc3ccc(F)cc3F)C2)n[nH]1. The second-order valence-corrected chi connectivity index (χ2v) is 6.96. The lowest BCUT2D eigenvalue weighted by Gasteiger charge is -2.33. The quantitative estimate of drug-likeness (QED) is 0.858. The standard InChI is InChI=1S/C19H24F2N4O/c1-13-22-18(24-23-13)8-9-19(26)25-10-2-3-14(12-25)4-5-15-6-7-16(20)11-17(15)21/h6-7,11,14H,2-5,8-10,12H2,1H3,(H,22,23,24)/t14-/m0/s1. The molecule has 140 valence electrons. The van der Waals surface area contributed by atoms with Crippen molar-refractivity contribution < 1.29 is 13.6 Å². The number of hydrogen-bond donors (Lipinski definition) is 1. The van der Waals surface area contributed by atoms with Crippen LogP contribution in [0.4, 0.5) is 8.78 Å². The molecule has 26 heavy (non-hydrogen) atoms. The summed E-state index contributed by atoms with van der Waals surface area (Å²) in [6.45, 7) is 3.31. The van der Waals surface area contributed by atoms with Gasteiger partial charge < -0.3 is 4.90 Å². The van der Waals surface area contributed by atoms with Crippen LogP contribution in [-0.4, -0.2) is 39.1 Å². The molecule has 3 rings (SSSR count). The zero-order chi connectivity index (χ0) is 18.5. The minimum atomic E-state index is -0.553. The number of nitrogens with zero attached hydrogens (tertiary/aromatic N) is 3. The monoisotopic (exact) mass is 362 g/mol. The Kier molecular flexibility index (Phi) is 5.96. The van der Waals surface area contributed by atoms with E-state index in [1.165, 1.54) is 12.1 Å². The van der Waals surface area contributed by atoms with Gasteiger partial charge in [-0.25, -0.2) is 13.8 Å². The number of aromatic nitrogens is 3. The van der Waals surface area contributed by atoms with Crippen LogP contribution in [0.15, 0.2) is 18.2 Å². The van der Waals surface area contributed by atoms with E-state index in [0.29, 0.717) is 43.1 Å². The van der Waals surface area contributed by atoms with E-state index in [0.717, 1.165) is 37.7 Å². The maximum absolute atomic E-state index is 13.8. The molecule has 5 nitrogen and oxygen atoms in total. The largest absolute Gasteiger partial charge is 0.342 e. The summed E-state index contributed by atoms with van der Waals surface area (Å²) < 4.78 is 26.7. The molecule has 0 saturated carbocycles. The molecule has 1 N–H and O–H groups in total. The lowest BCUT2D eigenvalue weighted by atomic mass is 9.91. The summed E-state index contributed by atoms with van der Waals surface area (Å²) in [7, 11) is 0. The second-order valence-electron chi connectivity index (χ2n) is 6.96. The molecule has 0 unspecified atom stereocenters. The number of carbonyl (C=O) groups excluding carboxylic acids is 1. The van der Waals surface area contributed by atoms with Crippen LogP contribution < -0.4 is 0 Å². The molecular weight excluding hydrogens is 338 g/mol. The van der Waals surface area contributed by atoms with Gasteiger partial charge in [-0.3, -0.25) is 9.89 Å². The number of H-pyrrole nitrogens is 1. The van der Waals surface area contributed by atoms with Gasteiger partial charge in [0.05, 0.1) is 0 Å². The molecule has 1 amide bonds. The average Bonchev–Trinajstić information content (AvgIpc) is 3.04. The van der Waals surface area contributed by atoms with Gasteiger partial charge in [0.25, 0.3) is 0 Å². The molecule has 0 bridgehead atoms. The van der Waals surface area contributed by atoms with E-state index in [2.05, 4.69) is 15.2 Å². The van der Waals surface area contributed by atoms with Gasteiger partial charge >= 0.3 is 0 Å². The van der Waals surface area contributed by atoms with Crippen LogP contribution in [0.1, 0.15) is 42.9 Å². The highest BCUT2D eigenvalue weighted by Crippen LogP contribution is 2.23. The number of hydrogen-bond acceptors (Lipinski definition) is 3. The van der Waals surface area contributed by atoms with Crippen LogP contribution in [0.2, 0.25) is 0 Å². The Labute approximate surface area is 151 Å². The molecule has 1 aromatic carbocycles. The topological polar surface area (TPSA) is 61.9 Å². The summed E-state index contributed by atoms with van der Waals surface area (Å²) in [4.78, 5) is 18.6. The maximum Gasteiger partial charge on any atom is 0.223 e. The Bertz CT molecular complexity index is 762. The van der Waals surface area contributed by atoms with Crippen molar-refractivity contribution in [1.29, 1.82) is 0 Å². The molecular formula is C19H24F2N4O. The Morgan fingerprint density at radius 3 is 2.92 bits per heavy atom. The minimum absolute atomic E-state index is 0.116. The van der Waals surface area contributed by atoms with Crippen LogP contribution in [0, 0.1) is 24.5 Å². The third-order valence-corrected chi connectivity index (χ3v) is 4.91. The summed E-state index contributed by atoms with van der Waals surface area (Å²) in [5.74, 6) is 0.834. The van der Waals surface area contributed by atoms with Crippen molar-refractivity contribution in [3.8, 4) is 0 Å². The Hall–Kier alpha value is -2.31. The van der Waals surface area contributed by atoms with Crippen molar-refractivity contribution in [2.75, 3.05) is 13.1 Å². The van der Waals surface area contributed by atoms with E-state index in [9.17, 15) is 13.6 Å². The number of amides is 1. The molecule has 1 atom stereocenters. The van der Waals surface area contributed by atoms with Gasteiger partial charge in [0.15, 0.2) is 5.82 Å². The Morgan fingerprint density at radius 2 is 2.19 bits per heavy atom. The van der Waals surface area contributed by atoms with Gasteiger partial charge in [-0.2, -0.15) is 5.10 Å². The van der Waals surface area contributed by atoms with E-state index in [-0.39, 0.29) is 5.91 Å². The predicted octanol–water partition coefficient (Wildman–Crippen LogP) is 3.20. The molecule has 1 saturated heterocycles. The molecule has 1 aliphatic heterocycles. The smallest absolute Gasteiger partial charge is 0.223 e. The van der Waals surface area contributed by atoms with Crippen LogP contribution in [0.3, 0.4) is 0 Å². The van der Waals surface area contributed by atoms with Crippen molar-refractivity contribution in [3.05, 3.63) is 47.0 Å². The van der Waals surface area contributed by atoms with Crippen molar-refractivity contribution in [1.82, 2.24) is 20.1 Å². The first kappa shape index (κ1) is 18.5. The molecule has 1 fully saturated rings. The molecule has 1 aromatic heterocycles. The third-order valence-electron chi connectivity index (χ3n) is 4.91. The molecule has 1 aliphatic rings. The number of benzene rings is 1. The van der Waals surface area contributed by atoms with Gasteiger partial charge in [-0.15, -0.1) is 0 Å². The first-order chi connectivity index (χ1) is 12.5. The average molecular weight is 362 g/mol. The van der Waals surface area contributed by atoms with Crippen molar-refractivity contribution >= 4 is 5.91 Å². The summed E-state index contributed by atoms with van der Waals surface area (Å²) in [5.41, 5.74) is 0.537. The van der Waals surface area contributed by atoms with Gasteiger partial charge in [-0.1, -0.05) is 6.07 Å². The number of carbonyl (C=O) groups is 1. The molecule has 0 aliphatic carbocycles. The molecule has 0 radical (unpaired) electrons. The summed E-state index contributed by atoms with van der Waals surface area (Å²) in [5, 5.41) is 6.84. The maximum atomic E-state index is 13.8. The van der Waals surface area contributed by atoms with Crippen molar-refractivity contribution in [2.24, 2.45) is 5.92 Å². The fourth-order valence-electron chi connectivity index (χ4n) is 3.49. The molecule has 2 aromatic rings. The highest BCUT2D eigenvalue weighted by Gasteiger charge is 2.23. The van der Waals surface area contributed by atoms with Crippen LogP contribution in [-0.2, 0) is 17.6 Å². The third kappa shape index (κ3) is 4.86. The van der Waals surface area contributed by atoms with Gasteiger partial charge in [-0.05, 0) is 50.2 Å². The number of halogens is 2. The van der Waals surface area contributed by atoms with Crippen LogP contribution in [0.5, 0.6) is 0 Å². The van der Waals surface area contributed by atoms with Gasteiger partial charge in [0, 0.05) is 32.0 Å². The van der Waals surface area contributed by atoms with E-state index in [1.54, 1.807) is 0 Å². The van der Waals surface area contributed by atoms with Crippen molar-refractivity contribution in [3.63, 3.8) is 0 Å². The lowest BCUT2D eigenvalue weighted by Crippen LogP contribution is -2.40. The fourth-order valence-corrected chi connectivity index (χ4v) is 3.49. The van der Waals surface area contributed by atoms with E-state index in [4.69, 9.17) is 0 Å². The zero-order valence-electron chi connectivity index (χ0n) is 15.0. The van der Waals surface area contributed by atoms with Crippen LogP contribution >= 0.6 is 0 Å². The first-order valence-corrected chi connectivity index (χ1v) is 9.11. The molecule has 2 heterocycles. The number of likely N-dealkylation sites (tertiary alicyclic amines) is 1. The molecule has 0 spiro atoms. The van der Waals surface area contributed by atoms with E-state index in [1.807, 2.05) is 11.8 Å². The predicted molar refractivity (Wildman–Crippen MR) is 93.4 cm³/mol. The van der Waals surface area contributed by atoms with E-state index < -0.39 is 11.6 Å². The number of aromatic amines is 1. The second kappa shape index (κ2) is 8.38. The molecule has 7 heteroatoms. The number of nitrogens with one attached hydrogen (secondary N) is 1. The van der Waals surface area contributed by atoms with Gasteiger partial charge in [0.2, 0.25) is 5.91 Å². The normalized spacial score (nSPS) is 17.5. The highest BCUT2D eigenvalue weighted by atomic mass is 19.1. The van der Waals surface area contributed by atoms with Crippen molar-refractivity contribution in [2.45, 2.75) is 45.4 Å². The zero-order valence-corrected chi connectivity index (χ0v) is 15.0. The van der Waals surface area contributed by atoms with Gasteiger partial charge in [0.1, 0.15) is 17.5 Å². The highest BCUT2D eigenvalue weighted by molar-refractivity contribution is 5.76. The lowest BCUT2D eigenvalue weighted by molar-refractivity contribution is -0.133.